The van der Waals surface area contributed by atoms with Crippen molar-refractivity contribution in [3.05, 3.63) is 59.7 Å². The van der Waals surface area contributed by atoms with Gasteiger partial charge in [0, 0.05) is 18.0 Å². The summed E-state index contributed by atoms with van der Waals surface area (Å²) in [7, 11) is 0. The third-order valence-corrected chi connectivity index (χ3v) is 6.22. The highest BCUT2D eigenvalue weighted by molar-refractivity contribution is 5.99. The van der Waals surface area contributed by atoms with Gasteiger partial charge in [-0.2, -0.15) is 0 Å². The molecule has 6 nitrogen and oxygen atoms in total. The lowest BCUT2D eigenvalue weighted by Gasteiger charge is -2.30. The first kappa shape index (κ1) is 22.5. The molecule has 3 amide bonds. The zero-order chi connectivity index (χ0) is 22.4. The number of carbonyl (C=O) groups is 3. The molecule has 1 unspecified atom stereocenters. The minimum Gasteiger partial charge on any atom is -0.366 e. The van der Waals surface area contributed by atoms with Gasteiger partial charge in [0.25, 0.3) is 0 Å². The number of amides is 3. The Labute approximate surface area is 183 Å². The molecule has 1 aliphatic rings. The second-order valence-electron chi connectivity index (χ2n) is 8.38. The van der Waals surface area contributed by atoms with Crippen LogP contribution >= 0.6 is 0 Å². The molecule has 1 aliphatic carbocycles. The number of nitrogens with one attached hydrogen (secondary N) is 2. The Morgan fingerprint density at radius 3 is 2.29 bits per heavy atom. The maximum Gasteiger partial charge on any atom is 0.249 e. The molecule has 1 atom stereocenters. The largest absolute Gasteiger partial charge is 0.366 e. The molecule has 0 radical (unpaired) electrons. The first-order valence-corrected chi connectivity index (χ1v) is 10.9. The van der Waals surface area contributed by atoms with Crippen molar-refractivity contribution >= 4 is 17.7 Å². The zero-order valence-corrected chi connectivity index (χ0v) is 18.2. The molecular formula is C25H31N3O3. The molecule has 3 rings (SSSR count). The van der Waals surface area contributed by atoms with Crippen LogP contribution in [0.4, 0.5) is 0 Å². The van der Waals surface area contributed by atoms with Crippen molar-refractivity contribution in [3.63, 3.8) is 0 Å². The lowest BCUT2D eigenvalue weighted by atomic mass is 9.94. The molecule has 2 aromatic carbocycles. The first-order valence-electron chi connectivity index (χ1n) is 10.9. The molecule has 4 N–H and O–H groups in total. The second-order valence-corrected chi connectivity index (χ2v) is 8.38. The Balaban J connectivity index is 1.67. The number of hydrogen-bond donors (Lipinski definition) is 3. The SMILES string of the molecule is CCC(C)C(=O)NC1(C(=O)NCc2ccc(-c3ccccc3C(N)=O)cc2)CCCC1. The first-order chi connectivity index (χ1) is 14.9. The highest BCUT2D eigenvalue weighted by atomic mass is 16.2. The van der Waals surface area contributed by atoms with Crippen LogP contribution in [0.2, 0.25) is 0 Å². The van der Waals surface area contributed by atoms with Gasteiger partial charge in [-0.05, 0) is 42.0 Å². The van der Waals surface area contributed by atoms with E-state index in [2.05, 4.69) is 10.6 Å². The Kier molecular flexibility index (Phi) is 7.10. The van der Waals surface area contributed by atoms with E-state index in [4.69, 9.17) is 5.73 Å². The van der Waals surface area contributed by atoms with E-state index in [-0.39, 0.29) is 17.7 Å². The Morgan fingerprint density at radius 1 is 1.03 bits per heavy atom. The molecular weight excluding hydrogens is 390 g/mol. The van der Waals surface area contributed by atoms with E-state index in [1.54, 1.807) is 12.1 Å². The molecule has 0 heterocycles. The molecule has 164 valence electrons. The van der Waals surface area contributed by atoms with Crippen LogP contribution in [-0.4, -0.2) is 23.3 Å². The van der Waals surface area contributed by atoms with Crippen molar-refractivity contribution in [3.8, 4) is 11.1 Å². The smallest absolute Gasteiger partial charge is 0.249 e. The highest BCUT2D eigenvalue weighted by Gasteiger charge is 2.42. The Hall–Kier alpha value is -3.15. The van der Waals surface area contributed by atoms with E-state index in [1.807, 2.05) is 50.2 Å². The zero-order valence-electron chi connectivity index (χ0n) is 18.2. The Morgan fingerprint density at radius 2 is 1.68 bits per heavy atom. The normalized spacial score (nSPS) is 15.8. The van der Waals surface area contributed by atoms with Gasteiger partial charge in [0.15, 0.2) is 0 Å². The number of benzene rings is 2. The third kappa shape index (κ3) is 5.13. The van der Waals surface area contributed by atoms with E-state index in [0.717, 1.165) is 36.0 Å². The van der Waals surface area contributed by atoms with Crippen molar-refractivity contribution < 1.29 is 14.4 Å². The van der Waals surface area contributed by atoms with Gasteiger partial charge in [0.1, 0.15) is 5.54 Å². The summed E-state index contributed by atoms with van der Waals surface area (Å²) in [5, 5.41) is 6.04. The average Bonchev–Trinajstić information content (AvgIpc) is 3.26. The summed E-state index contributed by atoms with van der Waals surface area (Å²) in [5.74, 6) is -0.754. The van der Waals surface area contributed by atoms with Crippen LogP contribution in [0.5, 0.6) is 0 Å². The molecule has 0 spiro atoms. The Bertz CT molecular complexity index is 947. The maximum atomic E-state index is 13.0. The van der Waals surface area contributed by atoms with Crippen molar-refractivity contribution in [1.29, 1.82) is 0 Å². The molecule has 1 fully saturated rings. The molecule has 0 saturated heterocycles. The predicted molar refractivity (Wildman–Crippen MR) is 121 cm³/mol. The summed E-state index contributed by atoms with van der Waals surface area (Å²) in [6, 6.07) is 14.9. The lowest BCUT2D eigenvalue weighted by Crippen LogP contribution is -2.57. The molecule has 0 aromatic heterocycles. The van der Waals surface area contributed by atoms with Crippen molar-refractivity contribution in [1.82, 2.24) is 10.6 Å². The van der Waals surface area contributed by atoms with Crippen LogP contribution in [-0.2, 0) is 16.1 Å². The van der Waals surface area contributed by atoms with Gasteiger partial charge >= 0.3 is 0 Å². The number of primary amides is 1. The number of hydrogen-bond acceptors (Lipinski definition) is 3. The number of carbonyl (C=O) groups excluding carboxylic acids is 3. The lowest BCUT2D eigenvalue weighted by molar-refractivity contribution is -0.135. The summed E-state index contributed by atoms with van der Waals surface area (Å²) in [5.41, 5.74) is 7.76. The minimum atomic E-state index is -0.805. The van der Waals surface area contributed by atoms with Crippen molar-refractivity contribution in [2.24, 2.45) is 11.7 Å². The molecule has 1 saturated carbocycles. The summed E-state index contributed by atoms with van der Waals surface area (Å²) < 4.78 is 0. The topological polar surface area (TPSA) is 101 Å². The van der Waals surface area contributed by atoms with Crippen LogP contribution in [0.15, 0.2) is 48.5 Å². The fraction of sp³-hybridized carbons (Fsp3) is 0.400. The monoisotopic (exact) mass is 421 g/mol. The van der Waals surface area contributed by atoms with E-state index >= 15 is 0 Å². The van der Waals surface area contributed by atoms with E-state index in [1.165, 1.54) is 0 Å². The van der Waals surface area contributed by atoms with Crippen molar-refractivity contribution in [2.45, 2.75) is 58.0 Å². The third-order valence-electron chi connectivity index (χ3n) is 6.22. The van der Waals surface area contributed by atoms with Gasteiger partial charge < -0.3 is 16.4 Å². The van der Waals surface area contributed by atoms with Crippen LogP contribution < -0.4 is 16.4 Å². The highest BCUT2D eigenvalue weighted by Crippen LogP contribution is 2.31. The van der Waals surface area contributed by atoms with Gasteiger partial charge in [-0.15, -0.1) is 0 Å². The van der Waals surface area contributed by atoms with Gasteiger partial charge in [-0.1, -0.05) is 69.2 Å². The maximum absolute atomic E-state index is 13.0. The van der Waals surface area contributed by atoms with Crippen molar-refractivity contribution in [2.75, 3.05) is 0 Å². The quantitative estimate of drug-likeness (QED) is 0.607. The molecule has 2 aromatic rings. The van der Waals surface area contributed by atoms with Gasteiger partial charge in [0.2, 0.25) is 17.7 Å². The molecule has 0 bridgehead atoms. The fourth-order valence-corrected chi connectivity index (χ4v) is 4.04. The molecule has 31 heavy (non-hydrogen) atoms. The van der Waals surface area contributed by atoms with Gasteiger partial charge in [-0.25, -0.2) is 0 Å². The van der Waals surface area contributed by atoms with Crippen LogP contribution in [0.25, 0.3) is 11.1 Å². The second kappa shape index (κ2) is 9.77. The predicted octanol–water partition coefficient (Wildman–Crippen LogP) is 3.54. The summed E-state index contributed by atoms with van der Waals surface area (Å²) in [6.45, 7) is 4.22. The molecule has 0 aliphatic heterocycles. The fourth-order valence-electron chi connectivity index (χ4n) is 4.04. The van der Waals surface area contributed by atoms with Crippen LogP contribution in [0.3, 0.4) is 0 Å². The summed E-state index contributed by atoms with van der Waals surface area (Å²) in [4.78, 5) is 37.1. The van der Waals surface area contributed by atoms with E-state index in [9.17, 15) is 14.4 Å². The van der Waals surface area contributed by atoms with Gasteiger partial charge in [0.05, 0.1) is 0 Å². The molecule has 6 heteroatoms. The van der Waals surface area contributed by atoms with E-state index in [0.29, 0.717) is 24.9 Å². The average molecular weight is 422 g/mol. The van der Waals surface area contributed by atoms with Crippen LogP contribution in [0, 0.1) is 5.92 Å². The summed E-state index contributed by atoms with van der Waals surface area (Å²) >= 11 is 0. The van der Waals surface area contributed by atoms with Gasteiger partial charge in [-0.3, -0.25) is 14.4 Å². The number of rotatable bonds is 8. The summed E-state index contributed by atoms with van der Waals surface area (Å²) in [6.07, 6.45) is 3.95. The van der Waals surface area contributed by atoms with Crippen LogP contribution in [0.1, 0.15) is 61.9 Å². The standard InChI is InChI=1S/C25H31N3O3/c1-3-17(2)23(30)28-25(14-6-7-15-25)24(31)27-16-18-10-12-19(13-11-18)20-8-4-5-9-21(20)22(26)29/h4-5,8-13,17H,3,6-7,14-16H2,1-2H3,(H2,26,29)(H,27,31)(H,28,30). The van der Waals surface area contributed by atoms with E-state index < -0.39 is 11.4 Å². The number of nitrogens with two attached hydrogens (primary N) is 1. The minimum absolute atomic E-state index is 0.0583.